The van der Waals surface area contributed by atoms with Crippen LogP contribution in [0.25, 0.3) is 0 Å². The molecule has 14 heavy (non-hydrogen) atoms. The van der Waals surface area contributed by atoms with E-state index in [0.29, 0.717) is 25.6 Å². The normalized spacial score (nSPS) is 26.5. The fraction of sp³-hybridized carbons (Fsp3) is 0.900. The van der Waals surface area contributed by atoms with Gasteiger partial charge in [-0.05, 0) is 19.3 Å². The number of nitrogens with zero attached hydrogens (tertiary/aromatic N) is 1. The van der Waals surface area contributed by atoms with Crippen molar-refractivity contribution >= 4 is 5.91 Å². The first kappa shape index (κ1) is 11.5. The van der Waals surface area contributed by atoms with Crippen molar-refractivity contribution in [2.24, 2.45) is 5.92 Å². The van der Waals surface area contributed by atoms with E-state index in [2.05, 4.69) is 0 Å². The molecular weight excluding hydrogens is 182 g/mol. The first-order valence-electron chi connectivity index (χ1n) is 5.22. The minimum absolute atomic E-state index is 0.0146. The van der Waals surface area contributed by atoms with Crippen LogP contribution in [-0.4, -0.2) is 48.3 Å². The van der Waals surface area contributed by atoms with Crippen LogP contribution >= 0.6 is 0 Å². The van der Waals surface area contributed by atoms with Crippen molar-refractivity contribution in [3.63, 3.8) is 0 Å². The average molecular weight is 201 g/mol. The van der Waals surface area contributed by atoms with E-state index in [1.807, 2.05) is 13.8 Å². The number of likely N-dealkylation sites (N-methyl/N-ethyl adjacent to an activating group) is 1. The van der Waals surface area contributed by atoms with Gasteiger partial charge in [0, 0.05) is 19.7 Å². The van der Waals surface area contributed by atoms with Crippen LogP contribution in [0.5, 0.6) is 0 Å². The van der Waals surface area contributed by atoms with Crippen LogP contribution in [0, 0.1) is 5.92 Å². The van der Waals surface area contributed by atoms with Crippen LogP contribution in [-0.2, 0) is 9.53 Å². The van der Waals surface area contributed by atoms with E-state index in [4.69, 9.17) is 9.84 Å². The van der Waals surface area contributed by atoms with Crippen LogP contribution < -0.4 is 0 Å². The molecule has 2 unspecified atom stereocenters. The van der Waals surface area contributed by atoms with Gasteiger partial charge in [0.1, 0.15) is 6.10 Å². The van der Waals surface area contributed by atoms with Crippen molar-refractivity contribution in [2.45, 2.75) is 26.4 Å². The van der Waals surface area contributed by atoms with E-state index in [0.717, 1.165) is 6.42 Å². The molecule has 82 valence electrons. The Hall–Kier alpha value is -0.610. The van der Waals surface area contributed by atoms with Crippen molar-refractivity contribution in [2.75, 3.05) is 26.3 Å². The van der Waals surface area contributed by atoms with Crippen LogP contribution in [0.15, 0.2) is 0 Å². The molecule has 4 nitrogen and oxygen atoms in total. The number of ether oxygens (including phenoxy) is 1. The highest BCUT2D eigenvalue weighted by Crippen LogP contribution is 2.21. The topological polar surface area (TPSA) is 49.8 Å². The standard InChI is InChI=1S/C10H19NO3/c1-3-11(5-6-12)10(13)9-8(2)4-7-14-9/h8-9,12H,3-7H2,1-2H3. The number of hydrogen-bond donors (Lipinski definition) is 1. The lowest BCUT2D eigenvalue weighted by Gasteiger charge is -2.24. The van der Waals surface area contributed by atoms with Gasteiger partial charge in [-0.2, -0.15) is 0 Å². The quantitative estimate of drug-likeness (QED) is 0.709. The Morgan fingerprint density at radius 2 is 2.36 bits per heavy atom. The number of carbonyl (C=O) groups excluding carboxylic acids is 1. The van der Waals surface area contributed by atoms with Crippen LogP contribution in [0.4, 0.5) is 0 Å². The lowest BCUT2D eigenvalue weighted by Crippen LogP contribution is -2.42. The summed E-state index contributed by atoms with van der Waals surface area (Å²) in [6.45, 7) is 5.67. The Labute approximate surface area is 84.8 Å². The number of amides is 1. The van der Waals surface area contributed by atoms with Gasteiger partial charge in [-0.3, -0.25) is 4.79 Å². The minimum Gasteiger partial charge on any atom is -0.395 e. The summed E-state index contributed by atoms with van der Waals surface area (Å²) in [5.74, 6) is 0.321. The first-order valence-corrected chi connectivity index (χ1v) is 5.22. The van der Waals surface area contributed by atoms with Crippen molar-refractivity contribution in [3.8, 4) is 0 Å². The molecule has 1 aliphatic rings. The highest BCUT2D eigenvalue weighted by molar-refractivity contribution is 5.81. The van der Waals surface area contributed by atoms with Crippen molar-refractivity contribution < 1.29 is 14.6 Å². The van der Waals surface area contributed by atoms with Gasteiger partial charge in [0.05, 0.1) is 6.61 Å². The molecule has 2 atom stereocenters. The first-order chi connectivity index (χ1) is 6.70. The van der Waals surface area contributed by atoms with E-state index in [9.17, 15) is 4.79 Å². The molecule has 1 aliphatic heterocycles. The molecule has 1 fully saturated rings. The summed E-state index contributed by atoms with van der Waals surface area (Å²) in [4.78, 5) is 13.5. The molecule has 4 heteroatoms. The van der Waals surface area contributed by atoms with Gasteiger partial charge in [-0.15, -0.1) is 0 Å². The van der Waals surface area contributed by atoms with Gasteiger partial charge < -0.3 is 14.7 Å². The molecule has 0 radical (unpaired) electrons. The van der Waals surface area contributed by atoms with Gasteiger partial charge in [0.25, 0.3) is 5.91 Å². The second-order valence-electron chi connectivity index (χ2n) is 3.70. The zero-order valence-corrected chi connectivity index (χ0v) is 8.90. The third-order valence-corrected chi connectivity index (χ3v) is 2.69. The molecule has 0 aromatic carbocycles. The van der Waals surface area contributed by atoms with Gasteiger partial charge in [0.2, 0.25) is 0 Å². The smallest absolute Gasteiger partial charge is 0.252 e. The predicted molar refractivity (Wildman–Crippen MR) is 52.9 cm³/mol. The Kier molecular flexibility index (Phi) is 4.35. The number of aliphatic hydroxyl groups excluding tert-OH is 1. The monoisotopic (exact) mass is 201 g/mol. The minimum atomic E-state index is -0.290. The Morgan fingerprint density at radius 1 is 1.64 bits per heavy atom. The Morgan fingerprint density at radius 3 is 2.79 bits per heavy atom. The van der Waals surface area contributed by atoms with E-state index in [1.54, 1.807) is 4.90 Å². The summed E-state index contributed by atoms with van der Waals surface area (Å²) >= 11 is 0. The summed E-state index contributed by atoms with van der Waals surface area (Å²) in [6, 6.07) is 0. The van der Waals surface area contributed by atoms with Crippen molar-refractivity contribution in [1.29, 1.82) is 0 Å². The number of carbonyl (C=O) groups is 1. The molecule has 1 heterocycles. The van der Waals surface area contributed by atoms with Crippen molar-refractivity contribution in [3.05, 3.63) is 0 Å². The van der Waals surface area contributed by atoms with E-state index >= 15 is 0 Å². The fourth-order valence-corrected chi connectivity index (χ4v) is 1.74. The molecule has 1 rings (SSSR count). The van der Waals surface area contributed by atoms with Gasteiger partial charge in [-0.25, -0.2) is 0 Å². The zero-order chi connectivity index (χ0) is 10.6. The summed E-state index contributed by atoms with van der Waals surface area (Å²) in [5, 5.41) is 8.79. The maximum atomic E-state index is 11.9. The largest absolute Gasteiger partial charge is 0.395 e. The maximum absolute atomic E-state index is 11.9. The molecule has 0 aliphatic carbocycles. The van der Waals surface area contributed by atoms with Crippen LogP contribution in [0.3, 0.4) is 0 Å². The molecule has 1 saturated heterocycles. The lowest BCUT2D eigenvalue weighted by molar-refractivity contribution is -0.142. The summed E-state index contributed by atoms with van der Waals surface area (Å²) < 4.78 is 5.38. The van der Waals surface area contributed by atoms with Gasteiger partial charge in [-0.1, -0.05) is 6.92 Å². The Bertz CT molecular complexity index is 196. The van der Waals surface area contributed by atoms with Gasteiger partial charge >= 0.3 is 0 Å². The molecule has 0 bridgehead atoms. The molecule has 0 spiro atoms. The molecule has 0 aromatic heterocycles. The number of rotatable bonds is 4. The SMILES string of the molecule is CCN(CCO)C(=O)C1OCCC1C. The fourth-order valence-electron chi connectivity index (χ4n) is 1.74. The maximum Gasteiger partial charge on any atom is 0.252 e. The summed E-state index contributed by atoms with van der Waals surface area (Å²) in [5.41, 5.74) is 0. The number of aliphatic hydroxyl groups is 1. The molecule has 1 N–H and O–H groups in total. The molecule has 0 saturated carbocycles. The highest BCUT2D eigenvalue weighted by Gasteiger charge is 2.33. The summed E-state index contributed by atoms with van der Waals surface area (Å²) in [6.07, 6.45) is 0.661. The second-order valence-corrected chi connectivity index (χ2v) is 3.70. The average Bonchev–Trinajstić information content (AvgIpc) is 2.59. The molecule has 1 amide bonds. The van der Waals surface area contributed by atoms with E-state index in [-0.39, 0.29) is 18.6 Å². The summed E-state index contributed by atoms with van der Waals surface area (Å²) in [7, 11) is 0. The zero-order valence-electron chi connectivity index (χ0n) is 8.90. The Balaban J connectivity index is 2.52. The lowest BCUT2D eigenvalue weighted by atomic mass is 10.0. The third kappa shape index (κ3) is 2.45. The molecule has 0 aromatic rings. The van der Waals surface area contributed by atoms with E-state index < -0.39 is 0 Å². The van der Waals surface area contributed by atoms with Crippen LogP contribution in [0.2, 0.25) is 0 Å². The molecular formula is C10H19NO3. The highest BCUT2D eigenvalue weighted by atomic mass is 16.5. The number of hydrogen-bond acceptors (Lipinski definition) is 3. The predicted octanol–water partition coefficient (Wildman–Crippen LogP) is 0.252. The van der Waals surface area contributed by atoms with Crippen LogP contribution in [0.1, 0.15) is 20.3 Å². The van der Waals surface area contributed by atoms with Gasteiger partial charge in [0.15, 0.2) is 0 Å². The third-order valence-electron chi connectivity index (χ3n) is 2.69. The second kappa shape index (κ2) is 5.32. The van der Waals surface area contributed by atoms with Crippen molar-refractivity contribution in [1.82, 2.24) is 4.90 Å². The van der Waals surface area contributed by atoms with E-state index in [1.165, 1.54) is 0 Å².